The molecular formula is C16H23ClF3N3O. The van der Waals surface area contributed by atoms with E-state index >= 15 is 0 Å². The van der Waals surface area contributed by atoms with E-state index in [0.717, 1.165) is 25.5 Å². The molecule has 2 unspecified atom stereocenters. The van der Waals surface area contributed by atoms with Crippen molar-refractivity contribution in [3.8, 4) is 0 Å². The minimum Gasteiger partial charge on any atom is -0.324 e. The van der Waals surface area contributed by atoms with Crippen molar-refractivity contribution in [3.05, 3.63) is 29.8 Å². The van der Waals surface area contributed by atoms with E-state index in [1.54, 1.807) is 6.92 Å². The Morgan fingerprint density at radius 3 is 2.62 bits per heavy atom. The highest BCUT2D eigenvalue weighted by atomic mass is 35.5. The van der Waals surface area contributed by atoms with Gasteiger partial charge in [-0.15, -0.1) is 12.4 Å². The quantitative estimate of drug-likeness (QED) is 0.861. The van der Waals surface area contributed by atoms with Gasteiger partial charge in [-0.3, -0.25) is 9.69 Å². The lowest BCUT2D eigenvalue weighted by molar-refractivity contribution is -0.137. The summed E-state index contributed by atoms with van der Waals surface area (Å²) in [5.41, 5.74) is -1.02. The zero-order chi connectivity index (χ0) is 17.0. The fourth-order valence-corrected chi connectivity index (χ4v) is 2.84. The number of hydrogen-bond acceptors (Lipinski definition) is 3. The van der Waals surface area contributed by atoms with Gasteiger partial charge in [-0.25, -0.2) is 0 Å². The number of alkyl halides is 3. The number of amides is 1. The Morgan fingerprint density at radius 2 is 2.00 bits per heavy atom. The first-order chi connectivity index (χ1) is 10.8. The first-order valence-corrected chi connectivity index (χ1v) is 7.71. The summed E-state index contributed by atoms with van der Waals surface area (Å²) in [6.07, 6.45) is -2.49. The molecule has 1 saturated heterocycles. The van der Waals surface area contributed by atoms with Crippen LogP contribution in [0.25, 0.3) is 0 Å². The number of halogens is 4. The summed E-state index contributed by atoms with van der Waals surface area (Å²) in [6, 6.07) is 4.87. The van der Waals surface area contributed by atoms with Gasteiger partial charge in [-0.1, -0.05) is 12.1 Å². The van der Waals surface area contributed by atoms with Gasteiger partial charge in [0.1, 0.15) is 0 Å². The second-order valence-electron chi connectivity index (χ2n) is 5.83. The second kappa shape index (κ2) is 8.69. The number of anilines is 1. The average Bonchev–Trinajstić information content (AvgIpc) is 2.53. The molecule has 1 fully saturated rings. The van der Waals surface area contributed by atoms with E-state index in [4.69, 9.17) is 0 Å². The normalized spacial score (nSPS) is 20.1. The molecule has 0 bridgehead atoms. The molecule has 4 nitrogen and oxygen atoms in total. The Bertz CT molecular complexity index is 554. The number of carbonyl (C=O) groups excluding carboxylic acids is 1. The molecule has 1 aliphatic rings. The van der Waals surface area contributed by atoms with E-state index in [2.05, 4.69) is 10.6 Å². The number of piperidine rings is 1. The maximum atomic E-state index is 13.0. The highest BCUT2D eigenvalue weighted by molar-refractivity contribution is 5.95. The fraction of sp³-hybridized carbons (Fsp3) is 0.562. The Labute approximate surface area is 146 Å². The summed E-state index contributed by atoms with van der Waals surface area (Å²) in [5.74, 6) is -0.418. The zero-order valence-electron chi connectivity index (χ0n) is 13.7. The van der Waals surface area contributed by atoms with Crippen LogP contribution in [0.2, 0.25) is 0 Å². The number of nitrogens with zero attached hydrogens (tertiary/aromatic N) is 1. The van der Waals surface area contributed by atoms with Crippen LogP contribution in [0.1, 0.15) is 25.3 Å². The molecule has 0 spiro atoms. The lowest BCUT2D eigenvalue weighted by Crippen LogP contribution is -2.51. The third-order valence-corrected chi connectivity index (χ3v) is 4.28. The van der Waals surface area contributed by atoms with E-state index < -0.39 is 23.7 Å². The largest absolute Gasteiger partial charge is 0.418 e. The SMILES string of the molecule is CNC1CCCN(C(C)C(=O)Nc2ccccc2C(F)(F)F)C1.Cl. The standard InChI is InChI=1S/C16H22F3N3O.ClH/c1-11(22-9-5-6-12(10-22)20-2)15(23)21-14-8-4-3-7-13(14)16(17,18)19;/h3-4,7-8,11-12,20H,5-6,9-10H2,1-2H3,(H,21,23);1H. The molecular weight excluding hydrogens is 343 g/mol. The van der Waals surface area contributed by atoms with Crippen molar-refractivity contribution in [3.63, 3.8) is 0 Å². The van der Waals surface area contributed by atoms with Crippen molar-refractivity contribution in [1.82, 2.24) is 10.2 Å². The highest BCUT2D eigenvalue weighted by Crippen LogP contribution is 2.34. The van der Waals surface area contributed by atoms with E-state index in [0.29, 0.717) is 12.6 Å². The van der Waals surface area contributed by atoms with Crippen LogP contribution in [0.15, 0.2) is 24.3 Å². The third kappa shape index (κ3) is 5.09. The van der Waals surface area contributed by atoms with Crippen LogP contribution in [0.3, 0.4) is 0 Å². The number of rotatable bonds is 4. The van der Waals surface area contributed by atoms with E-state index in [9.17, 15) is 18.0 Å². The molecule has 24 heavy (non-hydrogen) atoms. The van der Waals surface area contributed by atoms with Crippen LogP contribution in [-0.4, -0.2) is 43.0 Å². The lowest BCUT2D eigenvalue weighted by atomic mass is 10.0. The van der Waals surface area contributed by atoms with Gasteiger partial charge in [0, 0.05) is 12.6 Å². The maximum absolute atomic E-state index is 13.0. The van der Waals surface area contributed by atoms with E-state index in [-0.39, 0.29) is 18.1 Å². The molecule has 0 radical (unpaired) electrons. The molecule has 1 amide bonds. The first-order valence-electron chi connectivity index (χ1n) is 7.71. The molecule has 136 valence electrons. The van der Waals surface area contributed by atoms with Crippen LogP contribution < -0.4 is 10.6 Å². The Balaban J connectivity index is 0.00000288. The van der Waals surface area contributed by atoms with Crippen molar-refractivity contribution in [2.24, 2.45) is 0 Å². The molecule has 1 aromatic rings. The van der Waals surface area contributed by atoms with Crippen LogP contribution in [0.5, 0.6) is 0 Å². The smallest absolute Gasteiger partial charge is 0.324 e. The first kappa shape index (κ1) is 20.7. The summed E-state index contributed by atoms with van der Waals surface area (Å²) >= 11 is 0. The monoisotopic (exact) mass is 365 g/mol. The van der Waals surface area contributed by atoms with Crippen molar-refractivity contribution < 1.29 is 18.0 Å². The number of likely N-dealkylation sites (tertiary alicyclic amines) is 1. The van der Waals surface area contributed by atoms with Crippen molar-refractivity contribution >= 4 is 24.0 Å². The number of carbonyl (C=O) groups is 1. The van der Waals surface area contributed by atoms with Gasteiger partial charge in [0.25, 0.3) is 0 Å². The van der Waals surface area contributed by atoms with E-state index in [1.165, 1.54) is 18.2 Å². The minimum atomic E-state index is -4.49. The summed E-state index contributed by atoms with van der Waals surface area (Å²) in [7, 11) is 1.87. The van der Waals surface area contributed by atoms with Gasteiger partial charge >= 0.3 is 6.18 Å². The van der Waals surface area contributed by atoms with E-state index in [1.807, 2.05) is 11.9 Å². The molecule has 0 aliphatic carbocycles. The van der Waals surface area contributed by atoms with Crippen molar-refractivity contribution in [2.75, 3.05) is 25.5 Å². The average molecular weight is 366 g/mol. The molecule has 0 aromatic heterocycles. The van der Waals surface area contributed by atoms with Gasteiger partial charge in [0.15, 0.2) is 0 Å². The number of nitrogens with one attached hydrogen (secondary N) is 2. The molecule has 2 rings (SSSR count). The summed E-state index contributed by atoms with van der Waals surface area (Å²) in [4.78, 5) is 14.3. The minimum absolute atomic E-state index is 0. The summed E-state index contributed by atoms with van der Waals surface area (Å²) < 4.78 is 38.9. The molecule has 8 heteroatoms. The zero-order valence-corrected chi connectivity index (χ0v) is 14.5. The van der Waals surface area contributed by atoms with Gasteiger partial charge in [-0.05, 0) is 45.5 Å². The van der Waals surface area contributed by atoms with Gasteiger partial charge in [-0.2, -0.15) is 13.2 Å². The molecule has 0 saturated carbocycles. The molecule has 1 aliphatic heterocycles. The van der Waals surface area contributed by atoms with Crippen LogP contribution >= 0.6 is 12.4 Å². The van der Waals surface area contributed by atoms with Crippen LogP contribution in [-0.2, 0) is 11.0 Å². The Morgan fingerprint density at radius 1 is 1.33 bits per heavy atom. The number of likely N-dealkylation sites (N-methyl/N-ethyl adjacent to an activating group) is 1. The van der Waals surface area contributed by atoms with Crippen molar-refractivity contribution in [1.29, 1.82) is 0 Å². The molecule has 1 aromatic carbocycles. The highest BCUT2D eigenvalue weighted by Gasteiger charge is 2.34. The van der Waals surface area contributed by atoms with Gasteiger partial charge in [0.05, 0.1) is 17.3 Å². The predicted molar refractivity (Wildman–Crippen MR) is 90.4 cm³/mol. The Kier molecular flexibility index (Phi) is 7.51. The molecule has 2 N–H and O–H groups in total. The third-order valence-electron chi connectivity index (χ3n) is 4.28. The number of para-hydroxylation sites is 1. The predicted octanol–water partition coefficient (Wildman–Crippen LogP) is 3.14. The topological polar surface area (TPSA) is 44.4 Å². The maximum Gasteiger partial charge on any atom is 0.418 e. The van der Waals surface area contributed by atoms with Crippen LogP contribution in [0, 0.1) is 0 Å². The van der Waals surface area contributed by atoms with Gasteiger partial charge in [0.2, 0.25) is 5.91 Å². The Hall–Kier alpha value is -1.31. The number of benzene rings is 1. The second-order valence-corrected chi connectivity index (χ2v) is 5.83. The fourth-order valence-electron chi connectivity index (χ4n) is 2.84. The summed E-state index contributed by atoms with van der Waals surface area (Å²) in [6.45, 7) is 3.21. The summed E-state index contributed by atoms with van der Waals surface area (Å²) in [5, 5.41) is 5.61. The molecule has 1 heterocycles. The van der Waals surface area contributed by atoms with Crippen molar-refractivity contribution in [2.45, 2.75) is 38.0 Å². The van der Waals surface area contributed by atoms with Crippen LogP contribution in [0.4, 0.5) is 18.9 Å². The van der Waals surface area contributed by atoms with Gasteiger partial charge < -0.3 is 10.6 Å². The number of hydrogen-bond donors (Lipinski definition) is 2. The molecule has 2 atom stereocenters. The lowest BCUT2D eigenvalue weighted by Gasteiger charge is -2.36.